The van der Waals surface area contributed by atoms with Gasteiger partial charge in [0.05, 0.1) is 17.4 Å². The van der Waals surface area contributed by atoms with Crippen LogP contribution in [0.3, 0.4) is 0 Å². The van der Waals surface area contributed by atoms with Gasteiger partial charge in [-0.2, -0.15) is 5.10 Å². The molecule has 0 aliphatic heterocycles. The summed E-state index contributed by atoms with van der Waals surface area (Å²) in [6.45, 7) is 2.02. The van der Waals surface area contributed by atoms with Crippen molar-refractivity contribution in [2.24, 2.45) is 0 Å². The van der Waals surface area contributed by atoms with Crippen LogP contribution in [0.2, 0.25) is 0 Å². The summed E-state index contributed by atoms with van der Waals surface area (Å²) in [5.74, 6) is 0.786. The lowest BCUT2D eigenvalue weighted by Gasteiger charge is -2.11. The van der Waals surface area contributed by atoms with Crippen molar-refractivity contribution >= 4 is 5.52 Å². The first-order valence-corrected chi connectivity index (χ1v) is 6.58. The summed E-state index contributed by atoms with van der Waals surface area (Å²) < 4.78 is 3.71. The van der Waals surface area contributed by atoms with Crippen LogP contribution >= 0.6 is 0 Å². The van der Waals surface area contributed by atoms with Crippen LogP contribution in [0.4, 0.5) is 0 Å². The molecule has 0 spiro atoms. The highest BCUT2D eigenvalue weighted by Gasteiger charge is 2.12. The van der Waals surface area contributed by atoms with Crippen molar-refractivity contribution in [2.75, 3.05) is 0 Å². The van der Waals surface area contributed by atoms with Crippen LogP contribution in [0, 0.1) is 6.92 Å². The fourth-order valence-corrected chi connectivity index (χ4v) is 2.42. The van der Waals surface area contributed by atoms with Gasteiger partial charge in [-0.1, -0.05) is 6.07 Å². The van der Waals surface area contributed by atoms with Crippen molar-refractivity contribution < 1.29 is 0 Å². The number of aromatic nitrogens is 6. The van der Waals surface area contributed by atoms with E-state index >= 15 is 0 Å². The molecular formula is C15H12N6. The molecule has 0 aromatic carbocycles. The molecule has 0 aliphatic carbocycles. The quantitative estimate of drug-likeness (QED) is 0.563. The number of aryl methyl sites for hydroxylation is 1. The molecule has 0 bridgehead atoms. The first kappa shape index (κ1) is 11.8. The second-order valence-electron chi connectivity index (χ2n) is 4.83. The fourth-order valence-electron chi connectivity index (χ4n) is 2.42. The zero-order chi connectivity index (χ0) is 14.2. The van der Waals surface area contributed by atoms with Gasteiger partial charge in [0.1, 0.15) is 18.5 Å². The standard InChI is InChI=1S/C15H12N6/c1-11-7-13(15(16-8-11)20-9-17-18-10-20)14-4-2-3-12-5-6-19-21(12)14/h2-10H,1H3. The predicted molar refractivity (Wildman–Crippen MR) is 78.1 cm³/mol. The van der Waals surface area contributed by atoms with Gasteiger partial charge in [-0.15, -0.1) is 10.2 Å². The van der Waals surface area contributed by atoms with Crippen molar-refractivity contribution in [2.45, 2.75) is 6.92 Å². The first-order valence-electron chi connectivity index (χ1n) is 6.58. The Balaban J connectivity index is 2.04. The van der Waals surface area contributed by atoms with Gasteiger partial charge in [-0.05, 0) is 36.8 Å². The van der Waals surface area contributed by atoms with E-state index in [-0.39, 0.29) is 0 Å². The van der Waals surface area contributed by atoms with Gasteiger partial charge in [-0.3, -0.25) is 4.57 Å². The third kappa shape index (κ3) is 1.88. The van der Waals surface area contributed by atoms with Gasteiger partial charge in [0.15, 0.2) is 0 Å². The average Bonchev–Trinajstić information content (AvgIpc) is 3.18. The van der Waals surface area contributed by atoms with E-state index in [1.165, 1.54) is 0 Å². The second-order valence-corrected chi connectivity index (χ2v) is 4.83. The molecule has 0 atom stereocenters. The Morgan fingerprint density at radius 2 is 1.90 bits per heavy atom. The molecule has 0 saturated carbocycles. The van der Waals surface area contributed by atoms with Crippen LogP contribution in [-0.2, 0) is 0 Å². The molecule has 4 aromatic rings. The number of pyridine rings is 2. The van der Waals surface area contributed by atoms with Crippen molar-refractivity contribution in [1.82, 2.24) is 29.4 Å². The predicted octanol–water partition coefficient (Wildman–Crippen LogP) is 2.29. The van der Waals surface area contributed by atoms with E-state index in [1.54, 1.807) is 23.4 Å². The summed E-state index contributed by atoms with van der Waals surface area (Å²) in [6.07, 6.45) is 6.91. The molecule has 102 valence electrons. The molecular weight excluding hydrogens is 264 g/mol. The van der Waals surface area contributed by atoms with Gasteiger partial charge in [-0.25, -0.2) is 9.50 Å². The Bertz CT molecular complexity index is 907. The minimum atomic E-state index is 0.786. The Morgan fingerprint density at radius 3 is 2.76 bits per heavy atom. The average molecular weight is 276 g/mol. The van der Waals surface area contributed by atoms with Gasteiger partial charge in [0, 0.05) is 11.8 Å². The Hall–Kier alpha value is -3.02. The highest BCUT2D eigenvalue weighted by atomic mass is 15.3. The Morgan fingerprint density at radius 1 is 1.05 bits per heavy atom. The number of nitrogens with zero attached hydrogens (tertiary/aromatic N) is 6. The van der Waals surface area contributed by atoms with Crippen LogP contribution in [0.1, 0.15) is 5.56 Å². The maximum Gasteiger partial charge on any atom is 0.148 e. The van der Waals surface area contributed by atoms with Crippen molar-refractivity contribution in [1.29, 1.82) is 0 Å². The molecule has 0 unspecified atom stereocenters. The van der Waals surface area contributed by atoms with E-state index in [0.717, 1.165) is 28.2 Å². The summed E-state index contributed by atoms with van der Waals surface area (Å²) >= 11 is 0. The normalized spacial score (nSPS) is 11.1. The zero-order valence-electron chi connectivity index (χ0n) is 11.4. The Labute approximate surface area is 120 Å². The van der Waals surface area contributed by atoms with Crippen LogP contribution < -0.4 is 0 Å². The Kier molecular flexibility index (Phi) is 2.53. The summed E-state index contributed by atoms with van der Waals surface area (Å²) in [5, 5.41) is 12.1. The number of rotatable bonds is 2. The van der Waals surface area contributed by atoms with Gasteiger partial charge >= 0.3 is 0 Å². The van der Waals surface area contributed by atoms with E-state index in [2.05, 4.69) is 26.3 Å². The lowest BCUT2D eigenvalue weighted by Crippen LogP contribution is -2.02. The minimum Gasteiger partial charge on any atom is -0.271 e. The van der Waals surface area contributed by atoms with Crippen molar-refractivity contribution in [3.05, 3.63) is 60.9 Å². The van der Waals surface area contributed by atoms with E-state index in [0.29, 0.717) is 0 Å². The van der Waals surface area contributed by atoms with E-state index in [9.17, 15) is 0 Å². The molecule has 0 fully saturated rings. The fraction of sp³-hybridized carbons (Fsp3) is 0.0667. The molecule has 6 heteroatoms. The SMILES string of the molecule is Cc1cnc(-n2cnnc2)c(-c2cccc3ccnn23)c1. The molecule has 21 heavy (non-hydrogen) atoms. The highest BCUT2D eigenvalue weighted by molar-refractivity contribution is 5.71. The largest absolute Gasteiger partial charge is 0.271 e. The van der Waals surface area contributed by atoms with Crippen LogP contribution in [0.15, 0.2) is 55.4 Å². The topological polar surface area (TPSA) is 60.9 Å². The molecule has 0 radical (unpaired) electrons. The van der Waals surface area contributed by atoms with E-state index in [4.69, 9.17) is 0 Å². The van der Waals surface area contributed by atoms with Crippen LogP contribution in [0.5, 0.6) is 0 Å². The van der Waals surface area contributed by atoms with Crippen LogP contribution in [0.25, 0.3) is 22.6 Å². The van der Waals surface area contributed by atoms with Gasteiger partial charge < -0.3 is 0 Å². The molecule has 0 amide bonds. The second kappa shape index (κ2) is 4.52. The van der Waals surface area contributed by atoms with E-state index in [1.807, 2.05) is 41.9 Å². The van der Waals surface area contributed by atoms with Gasteiger partial charge in [0.25, 0.3) is 0 Å². The lowest BCUT2D eigenvalue weighted by molar-refractivity contribution is 0.947. The summed E-state index contributed by atoms with van der Waals surface area (Å²) in [4.78, 5) is 4.53. The third-order valence-corrected chi connectivity index (χ3v) is 3.36. The number of fused-ring (bicyclic) bond motifs is 1. The maximum absolute atomic E-state index is 4.53. The molecule has 4 aromatic heterocycles. The van der Waals surface area contributed by atoms with E-state index < -0.39 is 0 Å². The molecule has 0 saturated heterocycles. The smallest absolute Gasteiger partial charge is 0.148 e. The van der Waals surface area contributed by atoms with Crippen molar-refractivity contribution in [3.63, 3.8) is 0 Å². The van der Waals surface area contributed by atoms with Crippen LogP contribution in [-0.4, -0.2) is 29.4 Å². The molecule has 0 N–H and O–H groups in total. The molecule has 4 rings (SSSR count). The summed E-state index contributed by atoms with van der Waals surface area (Å²) in [6, 6.07) is 10.1. The minimum absolute atomic E-state index is 0.786. The van der Waals surface area contributed by atoms with Crippen molar-refractivity contribution in [3.8, 4) is 17.1 Å². The molecule has 4 heterocycles. The maximum atomic E-state index is 4.53. The number of hydrogen-bond donors (Lipinski definition) is 0. The summed E-state index contributed by atoms with van der Waals surface area (Å²) in [7, 11) is 0. The molecule has 0 aliphatic rings. The van der Waals surface area contributed by atoms with Gasteiger partial charge in [0.2, 0.25) is 0 Å². The number of hydrogen-bond acceptors (Lipinski definition) is 4. The first-order chi connectivity index (χ1) is 10.3. The molecule has 6 nitrogen and oxygen atoms in total. The zero-order valence-corrected chi connectivity index (χ0v) is 11.4. The third-order valence-electron chi connectivity index (χ3n) is 3.36. The highest BCUT2D eigenvalue weighted by Crippen LogP contribution is 2.26. The monoisotopic (exact) mass is 276 g/mol. The lowest BCUT2D eigenvalue weighted by atomic mass is 10.1. The summed E-state index contributed by atoms with van der Waals surface area (Å²) in [5.41, 5.74) is 4.11.